The molecule has 0 aromatic heterocycles. The molecule has 4 aliphatic carbocycles. The van der Waals surface area contributed by atoms with Crippen LogP contribution in [0.5, 0.6) is 0 Å². The van der Waals surface area contributed by atoms with Gasteiger partial charge in [0.2, 0.25) is 0 Å². The fourth-order valence-electron chi connectivity index (χ4n) is 10.5. The first-order valence-electron chi connectivity index (χ1n) is 13.6. The molecule has 2 heterocycles. The van der Waals surface area contributed by atoms with Gasteiger partial charge in [0.25, 0.3) is 0 Å². The van der Waals surface area contributed by atoms with Crippen LogP contribution < -0.4 is 0 Å². The molecule has 10 unspecified atom stereocenters. The highest BCUT2D eigenvalue weighted by Gasteiger charge is 2.69. The summed E-state index contributed by atoms with van der Waals surface area (Å²) < 4.78 is 13.4. The van der Waals surface area contributed by atoms with Gasteiger partial charge in [0.1, 0.15) is 0 Å². The minimum Gasteiger partial charge on any atom is -0.349 e. The molecule has 0 amide bonds. The van der Waals surface area contributed by atoms with Crippen LogP contribution in [0.1, 0.15) is 98.8 Å². The van der Waals surface area contributed by atoms with Crippen LogP contribution in [0, 0.1) is 58.2 Å². The Bertz CT molecular complexity index is 680. The van der Waals surface area contributed by atoms with Crippen molar-refractivity contribution in [2.24, 2.45) is 58.2 Å². The van der Waals surface area contributed by atoms with E-state index in [2.05, 4.69) is 34.6 Å². The minimum atomic E-state index is -0.254. The van der Waals surface area contributed by atoms with E-state index < -0.39 is 0 Å². The van der Waals surface area contributed by atoms with Crippen molar-refractivity contribution in [2.45, 2.75) is 111 Å². The third-order valence-corrected chi connectivity index (χ3v) is 12.2. The molecular weight excluding hydrogens is 368 g/mol. The van der Waals surface area contributed by atoms with Gasteiger partial charge in [-0.3, -0.25) is 0 Å². The van der Waals surface area contributed by atoms with Crippen LogP contribution in [0.4, 0.5) is 0 Å². The van der Waals surface area contributed by atoms with E-state index >= 15 is 0 Å². The maximum Gasteiger partial charge on any atom is 0.171 e. The van der Waals surface area contributed by atoms with Crippen LogP contribution in [0.2, 0.25) is 0 Å². The first-order valence-corrected chi connectivity index (χ1v) is 13.6. The van der Waals surface area contributed by atoms with Crippen molar-refractivity contribution in [3.05, 3.63) is 0 Å². The second kappa shape index (κ2) is 6.72. The highest BCUT2D eigenvalue weighted by atomic mass is 16.7. The quantitative estimate of drug-likeness (QED) is 0.422. The Kier molecular flexibility index (Phi) is 4.60. The van der Waals surface area contributed by atoms with Gasteiger partial charge in [-0.05, 0) is 104 Å². The van der Waals surface area contributed by atoms with Crippen molar-refractivity contribution < 1.29 is 9.47 Å². The second-order valence-electron chi connectivity index (χ2n) is 13.6. The van der Waals surface area contributed by atoms with Gasteiger partial charge in [-0.15, -0.1) is 0 Å². The number of ether oxygens (including phenoxy) is 2. The molecule has 2 heteroatoms. The first kappa shape index (κ1) is 20.5. The van der Waals surface area contributed by atoms with Crippen LogP contribution in [-0.4, -0.2) is 18.5 Å². The number of rotatable bonds is 0. The lowest BCUT2D eigenvalue weighted by molar-refractivity contribution is -0.273. The van der Waals surface area contributed by atoms with Crippen LogP contribution in [0.3, 0.4) is 0 Å². The molecule has 2 saturated heterocycles. The molecule has 0 bridgehead atoms. The number of hydrogen-bond acceptors (Lipinski definition) is 2. The third kappa shape index (κ3) is 2.62. The molecule has 1 spiro atoms. The summed E-state index contributed by atoms with van der Waals surface area (Å²) in [4.78, 5) is 0. The lowest BCUT2D eigenvalue weighted by Gasteiger charge is -2.61. The van der Waals surface area contributed by atoms with E-state index in [4.69, 9.17) is 9.47 Å². The maximum atomic E-state index is 6.93. The smallest absolute Gasteiger partial charge is 0.171 e. The summed E-state index contributed by atoms with van der Waals surface area (Å²) in [5, 5.41) is 0. The van der Waals surface area contributed by atoms with E-state index in [-0.39, 0.29) is 5.79 Å². The SMILES string of the molecule is CC1CC[C@@]2(OC1)OC1CC3C4CCC5CC(C)CCC5(C)C4CCC3(C)C1[C@@H]2C. The van der Waals surface area contributed by atoms with Gasteiger partial charge in [0, 0.05) is 12.3 Å². The summed E-state index contributed by atoms with van der Waals surface area (Å²) in [6.45, 7) is 13.6. The fourth-order valence-corrected chi connectivity index (χ4v) is 10.5. The van der Waals surface area contributed by atoms with Crippen molar-refractivity contribution in [1.82, 2.24) is 0 Å². The third-order valence-electron chi connectivity index (χ3n) is 12.2. The monoisotopic (exact) mass is 414 g/mol. The standard InChI is InChI=1S/C28H46O2/c1-17-8-11-26(4)20(14-17)6-7-21-22(26)10-12-27(5)23(21)15-24-25(27)19(3)28(30-24)13-9-18(2)16-29-28/h17-25H,6-16H2,1-5H3/t17?,18?,19-,20?,21?,22?,23?,24?,25?,26?,27?,28+/m0/s1. The second-order valence-corrected chi connectivity index (χ2v) is 13.6. The summed E-state index contributed by atoms with van der Waals surface area (Å²) in [5.74, 6) is 6.52. The van der Waals surface area contributed by atoms with Crippen molar-refractivity contribution >= 4 is 0 Å². The molecule has 6 fully saturated rings. The van der Waals surface area contributed by atoms with Gasteiger partial charge >= 0.3 is 0 Å². The van der Waals surface area contributed by atoms with Gasteiger partial charge in [0.15, 0.2) is 5.79 Å². The summed E-state index contributed by atoms with van der Waals surface area (Å²) in [7, 11) is 0. The van der Waals surface area contributed by atoms with E-state index in [1.54, 1.807) is 0 Å². The highest BCUT2D eigenvalue weighted by Crippen LogP contribution is 2.71. The molecule has 0 N–H and O–H groups in total. The summed E-state index contributed by atoms with van der Waals surface area (Å²) >= 11 is 0. The molecule has 6 rings (SSSR count). The van der Waals surface area contributed by atoms with E-state index in [9.17, 15) is 0 Å². The van der Waals surface area contributed by atoms with Crippen molar-refractivity contribution in [3.63, 3.8) is 0 Å². The van der Waals surface area contributed by atoms with E-state index in [0.29, 0.717) is 34.7 Å². The molecule has 170 valence electrons. The summed E-state index contributed by atoms with van der Waals surface area (Å²) in [6.07, 6.45) is 14.6. The van der Waals surface area contributed by atoms with Crippen molar-refractivity contribution in [3.8, 4) is 0 Å². The van der Waals surface area contributed by atoms with Gasteiger partial charge in [-0.2, -0.15) is 0 Å². The molecule has 6 aliphatic rings. The Hall–Kier alpha value is -0.0800. The van der Waals surface area contributed by atoms with Crippen LogP contribution in [-0.2, 0) is 9.47 Å². The first-order chi connectivity index (χ1) is 14.3. The normalized spacial score (nSPS) is 62.5. The number of hydrogen-bond donors (Lipinski definition) is 0. The Balaban J connectivity index is 1.26. The van der Waals surface area contributed by atoms with E-state index in [0.717, 1.165) is 42.6 Å². The van der Waals surface area contributed by atoms with E-state index in [1.165, 1.54) is 57.8 Å². The molecule has 0 aromatic rings. The van der Waals surface area contributed by atoms with Gasteiger partial charge < -0.3 is 9.47 Å². The molecule has 4 saturated carbocycles. The van der Waals surface area contributed by atoms with E-state index in [1.807, 2.05) is 0 Å². The molecule has 0 radical (unpaired) electrons. The summed E-state index contributed by atoms with van der Waals surface area (Å²) in [6, 6.07) is 0. The van der Waals surface area contributed by atoms with Crippen molar-refractivity contribution in [1.29, 1.82) is 0 Å². The lowest BCUT2D eigenvalue weighted by atomic mass is 9.44. The Morgan fingerprint density at radius 1 is 0.733 bits per heavy atom. The average molecular weight is 415 g/mol. The van der Waals surface area contributed by atoms with Crippen LogP contribution >= 0.6 is 0 Å². The Morgan fingerprint density at radius 3 is 2.27 bits per heavy atom. The predicted molar refractivity (Wildman–Crippen MR) is 121 cm³/mol. The zero-order chi connectivity index (χ0) is 20.9. The minimum absolute atomic E-state index is 0.254. The topological polar surface area (TPSA) is 18.5 Å². The van der Waals surface area contributed by atoms with Crippen LogP contribution in [0.15, 0.2) is 0 Å². The molecule has 2 aliphatic heterocycles. The zero-order valence-electron chi connectivity index (χ0n) is 20.3. The van der Waals surface area contributed by atoms with Gasteiger partial charge in [0.05, 0.1) is 12.7 Å². The fraction of sp³-hybridized carbons (Fsp3) is 1.00. The Morgan fingerprint density at radius 2 is 1.50 bits per heavy atom. The maximum absolute atomic E-state index is 6.93. The molecule has 30 heavy (non-hydrogen) atoms. The lowest BCUT2D eigenvalue weighted by Crippen LogP contribution is -2.54. The average Bonchev–Trinajstić information content (AvgIpc) is 3.16. The van der Waals surface area contributed by atoms with Crippen molar-refractivity contribution in [2.75, 3.05) is 6.61 Å². The zero-order valence-corrected chi connectivity index (χ0v) is 20.3. The van der Waals surface area contributed by atoms with Gasteiger partial charge in [-0.25, -0.2) is 0 Å². The van der Waals surface area contributed by atoms with Crippen LogP contribution in [0.25, 0.3) is 0 Å². The van der Waals surface area contributed by atoms with Gasteiger partial charge in [-0.1, -0.05) is 41.0 Å². The largest absolute Gasteiger partial charge is 0.349 e. The molecule has 12 atom stereocenters. The molecule has 2 nitrogen and oxygen atoms in total. The molecule has 0 aromatic carbocycles. The Labute approximate surface area is 185 Å². The predicted octanol–water partition coefficient (Wildman–Crippen LogP) is 7.07. The summed E-state index contributed by atoms with van der Waals surface area (Å²) in [5.41, 5.74) is 1.11. The number of fused-ring (bicyclic) bond motifs is 7. The molecular formula is C28H46O2. The highest BCUT2D eigenvalue weighted by molar-refractivity contribution is 5.15.